The molecule has 0 unspecified atom stereocenters. The summed E-state index contributed by atoms with van der Waals surface area (Å²) in [5.74, 6) is 2.01. The number of aliphatic hydroxyl groups excluding tert-OH is 1. The Balaban J connectivity index is 1.54. The number of thiazole rings is 1. The van der Waals surface area contributed by atoms with Gasteiger partial charge in [-0.3, -0.25) is 0 Å². The van der Waals surface area contributed by atoms with Crippen LogP contribution in [0.25, 0.3) is 20.8 Å². The van der Waals surface area contributed by atoms with Crippen LogP contribution in [0.5, 0.6) is 0 Å². The molecule has 0 amide bonds. The van der Waals surface area contributed by atoms with Crippen LogP contribution in [-0.4, -0.2) is 32.2 Å². The molecule has 2 heterocycles. The fraction of sp³-hybridized carbons (Fsp3) is 0.370. The number of benzene rings is 2. The van der Waals surface area contributed by atoms with Crippen LogP contribution >= 0.6 is 11.3 Å². The van der Waals surface area contributed by atoms with Crippen LogP contribution in [-0.2, 0) is 6.54 Å². The molecule has 6 nitrogen and oxygen atoms in total. The third kappa shape index (κ3) is 4.38. The molecule has 3 N–H and O–H groups in total. The average molecular weight is 474 g/mol. The highest BCUT2D eigenvalue weighted by molar-refractivity contribution is 7.21. The van der Waals surface area contributed by atoms with E-state index in [9.17, 15) is 5.11 Å². The van der Waals surface area contributed by atoms with Gasteiger partial charge in [0.1, 0.15) is 10.8 Å². The van der Waals surface area contributed by atoms with E-state index in [4.69, 9.17) is 15.0 Å². The number of para-hydroxylation sites is 1. The van der Waals surface area contributed by atoms with Gasteiger partial charge in [0.25, 0.3) is 0 Å². The van der Waals surface area contributed by atoms with Gasteiger partial charge in [0.05, 0.1) is 21.5 Å². The molecule has 4 aromatic rings. The molecule has 0 spiro atoms. The van der Waals surface area contributed by atoms with Crippen LogP contribution in [0.4, 0.5) is 11.8 Å². The zero-order chi connectivity index (χ0) is 23.7. The van der Waals surface area contributed by atoms with E-state index in [1.54, 1.807) is 11.3 Å². The number of nitrogens with one attached hydrogen (secondary N) is 2. The first-order valence-electron chi connectivity index (χ1n) is 11.9. The molecule has 2 aromatic heterocycles. The first-order chi connectivity index (χ1) is 16.5. The maximum Gasteiger partial charge on any atom is 0.225 e. The molecular weight excluding hydrogens is 442 g/mol. The summed E-state index contributed by atoms with van der Waals surface area (Å²) in [6.45, 7) is 7.36. The molecule has 3 atom stereocenters. The predicted molar refractivity (Wildman–Crippen MR) is 140 cm³/mol. The van der Waals surface area contributed by atoms with E-state index >= 15 is 0 Å². The van der Waals surface area contributed by atoms with Gasteiger partial charge in [-0.2, -0.15) is 4.98 Å². The van der Waals surface area contributed by atoms with E-state index in [-0.39, 0.29) is 12.1 Å². The fourth-order valence-corrected chi connectivity index (χ4v) is 6.00. The predicted octanol–water partition coefficient (Wildman–Crippen LogP) is 5.88. The second-order valence-electron chi connectivity index (χ2n) is 9.49. The minimum atomic E-state index is -0.170. The number of aliphatic hydroxyl groups is 1. The molecule has 0 bridgehead atoms. The molecule has 176 valence electrons. The molecule has 1 aliphatic rings. The Kier molecular flexibility index (Phi) is 6.23. The SMILES string of the molecule is Cc1nc(NCc2ccccc2)nc(N[C@@]2(C)CC[C@H](CO)[C@H]2C)c1-c1nc2ccccc2s1. The lowest BCUT2D eigenvalue weighted by Crippen LogP contribution is -2.40. The third-order valence-corrected chi connectivity index (χ3v) is 8.33. The molecule has 7 heteroatoms. The Morgan fingerprint density at radius 1 is 1.06 bits per heavy atom. The number of anilines is 2. The summed E-state index contributed by atoms with van der Waals surface area (Å²) in [6.07, 6.45) is 1.98. The molecule has 0 aliphatic heterocycles. The van der Waals surface area contributed by atoms with E-state index in [0.29, 0.717) is 24.3 Å². The Bertz CT molecular complexity index is 1260. The number of hydrogen-bond acceptors (Lipinski definition) is 7. The van der Waals surface area contributed by atoms with Crippen LogP contribution in [0.2, 0.25) is 0 Å². The van der Waals surface area contributed by atoms with Crippen molar-refractivity contribution in [2.75, 3.05) is 17.2 Å². The van der Waals surface area contributed by atoms with Crippen LogP contribution in [0.1, 0.15) is 37.9 Å². The van der Waals surface area contributed by atoms with E-state index < -0.39 is 0 Å². The van der Waals surface area contributed by atoms with Gasteiger partial charge >= 0.3 is 0 Å². The molecule has 0 saturated heterocycles. The Hall–Kier alpha value is -3.03. The summed E-state index contributed by atoms with van der Waals surface area (Å²) in [5.41, 5.74) is 3.83. The molecule has 1 fully saturated rings. The highest BCUT2D eigenvalue weighted by Gasteiger charge is 2.42. The Morgan fingerprint density at radius 2 is 1.82 bits per heavy atom. The number of nitrogens with zero attached hydrogens (tertiary/aromatic N) is 3. The Labute approximate surface area is 204 Å². The second kappa shape index (κ2) is 9.31. The summed E-state index contributed by atoms with van der Waals surface area (Å²) in [4.78, 5) is 14.7. The summed E-state index contributed by atoms with van der Waals surface area (Å²) in [5, 5.41) is 17.9. The quantitative estimate of drug-likeness (QED) is 0.311. The first-order valence-corrected chi connectivity index (χ1v) is 12.7. The maximum absolute atomic E-state index is 9.84. The number of fused-ring (bicyclic) bond motifs is 1. The lowest BCUT2D eigenvalue weighted by atomic mass is 9.86. The molecule has 1 saturated carbocycles. The highest BCUT2D eigenvalue weighted by Crippen LogP contribution is 2.44. The molecule has 34 heavy (non-hydrogen) atoms. The van der Waals surface area contributed by atoms with Crippen molar-refractivity contribution in [3.8, 4) is 10.6 Å². The van der Waals surface area contributed by atoms with Gasteiger partial charge in [-0.1, -0.05) is 49.4 Å². The van der Waals surface area contributed by atoms with Crippen molar-refractivity contribution in [1.29, 1.82) is 0 Å². The van der Waals surface area contributed by atoms with Crippen molar-refractivity contribution in [1.82, 2.24) is 15.0 Å². The summed E-state index contributed by atoms with van der Waals surface area (Å²) >= 11 is 1.67. The van der Waals surface area contributed by atoms with Crippen LogP contribution in [0.15, 0.2) is 54.6 Å². The number of aromatic nitrogens is 3. The molecular formula is C27H31N5OS. The van der Waals surface area contributed by atoms with Crippen LogP contribution in [0, 0.1) is 18.8 Å². The lowest BCUT2D eigenvalue weighted by molar-refractivity contribution is 0.187. The topological polar surface area (TPSA) is 83.0 Å². The first kappa shape index (κ1) is 22.7. The molecule has 5 rings (SSSR count). The lowest BCUT2D eigenvalue weighted by Gasteiger charge is -2.34. The van der Waals surface area contributed by atoms with Gasteiger partial charge in [0.2, 0.25) is 5.95 Å². The average Bonchev–Trinajstić information content (AvgIpc) is 3.38. The third-order valence-electron chi connectivity index (χ3n) is 7.28. The summed E-state index contributed by atoms with van der Waals surface area (Å²) in [6, 6.07) is 18.5. The van der Waals surface area contributed by atoms with E-state index in [2.05, 4.69) is 42.7 Å². The molecule has 2 aromatic carbocycles. The van der Waals surface area contributed by atoms with E-state index in [1.807, 2.05) is 43.3 Å². The normalized spacial score (nSPS) is 22.2. The van der Waals surface area contributed by atoms with Gasteiger partial charge in [-0.05, 0) is 56.2 Å². The largest absolute Gasteiger partial charge is 0.396 e. The number of hydrogen-bond donors (Lipinski definition) is 3. The van der Waals surface area contributed by atoms with Crippen molar-refractivity contribution in [2.24, 2.45) is 11.8 Å². The van der Waals surface area contributed by atoms with Gasteiger partial charge in [-0.25, -0.2) is 9.97 Å². The minimum Gasteiger partial charge on any atom is -0.396 e. The smallest absolute Gasteiger partial charge is 0.225 e. The summed E-state index contributed by atoms with van der Waals surface area (Å²) in [7, 11) is 0. The zero-order valence-corrected chi connectivity index (χ0v) is 20.7. The minimum absolute atomic E-state index is 0.170. The molecule has 1 aliphatic carbocycles. The van der Waals surface area contributed by atoms with Gasteiger partial charge in [0, 0.05) is 18.7 Å². The number of aryl methyl sites for hydroxylation is 1. The van der Waals surface area contributed by atoms with Gasteiger partial charge < -0.3 is 15.7 Å². The van der Waals surface area contributed by atoms with E-state index in [0.717, 1.165) is 45.1 Å². The standard InChI is InChI=1S/C27H31N5OS/c1-17-20(16-33)13-14-27(17,3)32-24-23(25-30-21-11-7-8-12-22(21)34-25)18(2)29-26(31-24)28-15-19-9-5-4-6-10-19/h4-12,17,20,33H,13-16H2,1-3H3,(H2,28,29,31,32)/t17-,20-,27+/m1/s1. The molecule has 0 radical (unpaired) electrons. The van der Waals surface area contributed by atoms with Gasteiger partial charge in [0.15, 0.2) is 0 Å². The van der Waals surface area contributed by atoms with Gasteiger partial charge in [-0.15, -0.1) is 11.3 Å². The summed E-state index contributed by atoms with van der Waals surface area (Å²) < 4.78 is 1.15. The Morgan fingerprint density at radius 3 is 2.56 bits per heavy atom. The van der Waals surface area contributed by atoms with Crippen molar-refractivity contribution in [2.45, 2.75) is 45.7 Å². The van der Waals surface area contributed by atoms with Crippen molar-refractivity contribution in [3.63, 3.8) is 0 Å². The van der Waals surface area contributed by atoms with Crippen molar-refractivity contribution >= 4 is 33.3 Å². The zero-order valence-electron chi connectivity index (χ0n) is 19.9. The number of rotatable bonds is 7. The monoisotopic (exact) mass is 473 g/mol. The van der Waals surface area contributed by atoms with E-state index in [1.165, 1.54) is 5.56 Å². The second-order valence-corrected chi connectivity index (χ2v) is 10.5. The van der Waals surface area contributed by atoms with Crippen LogP contribution < -0.4 is 10.6 Å². The van der Waals surface area contributed by atoms with Crippen molar-refractivity contribution in [3.05, 3.63) is 65.9 Å². The maximum atomic E-state index is 9.84. The van der Waals surface area contributed by atoms with Crippen LogP contribution in [0.3, 0.4) is 0 Å². The highest BCUT2D eigenvalue weighted by atomic mass is 32.1. The fourth-order valence-electron chi connectivity index (χ4n) is 4.93. The van der Waals surface area contributed by atoms with Crippen molar-refractivity contribution < 1.29 is 5.11 Å².